The summed E-state index contributed by atoms with van der Waals surface area (Å²) in [6.45, 7) is 9.13. The molecule has 0 amide bonds. The molecule has 5 heteroatoms. The summed E-state index contributed by atoms with van der Waals surface area (Å²) >= 11 is 1.74. The zero-order valence-corrected chi connectivity index (χ0v) is 13.5. The molecule has 3 atom stereocenters. The number of rotatable bonds is 6. The molecule has 0 spiro atoms. The van der Waals surface area contributed by atoms with Crippen molar-refractivity contribution >= 4 is 11.3 Å². The second-order valence-corrected chi connectivity index (χ2v) is 6.95. The predicted molar refractivity (Wildman–Crippen MR) is 84.6 cm³/mol. The second kappa shape index (κ2) is 7.01. The fourth-order valence-electron chi connectivity index (χ4n) is 3.38. The van der Waals surface area contributed by atoms with E-state index in [0.29, 0.717) is 25.4 Å². The first-order valence-electron chi connectivity index (χ1n) is 7.75. The lowest BCUT2D eigenvalue weighted by atomic mass is 9.99. The van der Waals surface area contributed by atoms with Crippen LogP contribution >= 0.6 is 11.3 Å². The number of fused-ring (bicyclic) bond motifs is 1. The Kier molecular flexibility index (Phi) is 5.06. The molecule has 21 heavy (non-hydrogen) atoms. The van der Waals surface area contributed by atoms with Gasteiger partial charge in [-0.25, -0.2) is 4.98 Å². The molecule has 0 radical (unpaired) electrons. The molecular formula is C16H24N2O2S. The van der Waals surface area contributed by atoms with Crippen molar-refractivity contribution < 1.29 is 9.47 Å². The van der Waals surface area contributed by atoms with Crippen LogP contribution in [0, 0.1) is 6.92 Å². The molecule has 4 nitrogen and oxygen atoms in total. The van der Waals surface area contributed by atoms with Gasteiger partial charge in [0, 0.05) is 24.5 Å². The third kappa shape index (κ3) is 3.72. The van der Waals surface area contributed by atoms with Crippen molar-refractivity contribution in [1.29, 1.82) is 0 Å². The van der Waals surface area contributed by atoms with Gasteiger partial charge in [-0.05, 0) is 26.2 Å². The normalized spacial score (nSPS) is 29.5. The van der Waals surface area contributed by atoms with Gasteiger partial charge in [0.2, 0.25) is 0 Å². The Labute approximate surface area is 130 Å². The van der Waals surface area contributed by atoms with E-state index in [1.165, 1.54) is 12.1 Å². The van der Waals surface area contributed by atoms with Crippen molar-refractivity contribution in [2.45, 2.75) is 51.0 Å². The minimum absolute atomic E-state index is 0.257. The third-order valence-corrected chi connectivity index (χ3v) is 5.14. The lowest BCUT2D eigenvalue weighted by molar-refractivity contribution is -0.0972. The second-order valence-electron chi connectivity index (χ2n) is 5.88. The van der Waals surface area contributed by atoms with E-state index in [0.717, 1.165) is 30.9 Å². The van der Waals surface area contributed by atoms with E-state index in [2.05, 4.69) is 28.8 Å². The molecule has 3 heterocycles. The van der Waals surface area contributed by atoms with Gasteiger partial charge >= 0.3 is 0 Å². The summed E-state index contributed by atoms with van der Waals surface area (Å²) < 4.78 is 11.7. The number of aromatic nitrogens is 1. The molecule has 0 bridgehead atoms. The predicted octanol–water partition coefficient (Wildman–Crippen LogP) is 2.78. The highest BCUT2D eigenvalue weighted by Crippen LogP contribution is 2.32. The van der Waals surface area contributed by atoms with Crippen molar-refractivity contribution in [2.75, 3.05) is 19.8 Å². The maximum absolute atomic E-state index is 6.21. The summed E-state index contributed by atoms with van der Waals surface area (Å²) in [4.78, 5) is 7.12. The van der Waals surface area contributed by atoms with Gasteiger partial charge in [-0.3, -0.25) is 4.90 Å². The first-order valence-corrected chi connectivity index (χ1v) is 8.63. The number of thiazole rings is 1. The molecule has 3 rings (SSSR count). The summed E-state index contributed by atoms with van der Waals surface area (Å²) in [5.74, 6) is 0. The van der Waals surface area contributed by atoms with E-state index in [9.17, 15) is 0 Å². The number of ether oxygens (including phenoxy) is 2. The van der Waals surface area contributed by atoms with E-state index < -0.39 is 0 Å². The van der Waals surface area contributed by atoms with Gasteiger partial charge in [0.15, 0.2) is 0 Å². The van der Waals surface area contributed by atoms with Crippen molar-refractivity contribution in [2.24, 2.45) is 0 Å². The largest absolute Gasteiger partial charge is 0.375 e. The van der Waals surface area contributed by atoms with E-state index in [4.69, 9.17) is 9.47 Å². The average molecular weight is 308 g/mol. The van der Waals surface area contributed by atoms with Gasteiger partial charge in [0.1, 0.15) is 0 Å². The van der Waals surface area contributed by atoms with Crippen LogP contribution in [0.15, 0.2) is 18.0 Å². The third-order valence-electron chi connectivity index (χ3n) is 4.32. The van der Waals surface area contributed by atoms with Crippen LogP contribution in [0.5, 0.6) is 0 Å². The Balaban J connectivity index is 1.51. The SMILES string of the molecule is C=CCOC[C@@H]1CC[C@H]2[C@H](CCN2Cc2csc(C)n2)O1. The smallest absolute Gasteiger partial charge is 0.0897 e. The van der Waals surface area contributed by atoms with Crippen LogP contribution in [0.4, 0.5) is 0 Å². The van der Waals surface area contributed by atoms with Crippen molar-refractivity contribution in [3.8, 4) is 0 Å². The summed E-state index contributed by atoms with van der Waals surface area (Å²) in [6, 6.07) is 0.558. The van der Waals surface area contributed by atoms with Gasteiger partial charge in [-0.2, -0.15) is 0 Å². The highest BCUT2D eigenvalue weighted by Gasteiger charge is 2.39. The van der Waals surface area contributed by atoms with E-state index in [1.54, 1.807) is 17.4 Å². The Bertz CT molecular complexity index is 477. The summed E-state index contributed by atoms with van der Waals surface area (Å²) in [5.41, 5.74) is 1.20. The van der Waals surface area contributed by atoms with Crippen LogP contribution in [0.3, 0.4) is 0 Å². The molecule has 0 saturated carbocycles. The summed E-state index contributed by atoms with van der Waals surface area (Å²) in [6.07, 6.45) is 5.84. The lowest BCUT2D eigenvalue weighted by Crippen LogP contribution is -2.43. The molecule has 116 valence electrons. The summed E-state index contributed by atoms with van der Waals surface area (Å²) in [5, 5.41) is 3.33. The highest BCUT2D eigenvalue weighted by atomic mass is 32.1. The van der Waals surface area contributed by atoms with Gasteiger partial charge in [-0.15, -0.1) is 17.9 Å². The maximum Gasteiger partial charge on any atom is 0.0897 e. The number of hydrogen-bond donors (Lipinski definition) is 0. The van der Waals surface area contributed by atoms with Crippen LogP contribution in [0.1, 0.15) is 30.0 Å². The van der Waals surface area contributed by atoms with Gasteiger partial charge in [0.25, 0.3) is 0 Å². The highest BCUT2D eigenvalue weighted by molar-refractivity contribution is 7.09. The van der Waals surface area contributed by atoms with Gasteiger partial charge < -0.3 is 9.47 Å². The van der Waals surface area contributed by atoms with Crippen LogP contribution < -0.4 is 0 Å². The zero-order chi connectivity index (χ0) is 14.7. The maximum atomic E-state index is 6.21. The Morgan fingerprint density at radius 3 is 3.19 bits per heavy atom. The van der Waals surface area contributed by atoms with Crippen LogP contribution in [-0.4, -0.2) is 47.9 Å². The molecule has 2 aliphatic rings. The van der Waals surface area contributed by atoms with Crippen LogP contribution in [0.25, 0.3) is 0 Å². The minimum atomic E-state index is 0.257. The molecule has 2 aliphatic heterocycles. The number of aryl methyl sites for hydroxylation is 1. The van der Waals surface area contributed by atoms with Crippen LogP contribution in [-0.2, 0) is 16.0 Å². The molecule has 2 fully saturated rings. The van der Waals surface area contributed by atoms with Crippen LogP contribution in [0.2, 0.25) is 0 Å². The molecule has 1 aromatic rings. The molecule has 0 aromatic carbocycles. The fraction of sp³-hybridized carbons (Fsp3) is 0.688. The first-order chi connectivity index (χ1) is 10.3. The first kappa shape index (κ1) is 15.2. The van der Waals surface area contributed by atoms with E-state index in [1.807, 2.05) is 0 Å². The average Bonchev–Trinajstić information content (AvgIpc) is 3.06. The zero-order valence-electron chi connectivity index (χ0n) is 12.7. The van der Waals surface area contributed by atoms with Gasteiger partial charge in [0.05, 0.1) is 36.1 Å². The standard InChI is InChI=1S/C16H24N2O2S/c1-3-8-19-10-14-4-5-15-16(20-14)6-7-18(15)9-13-11-21-12(2)17-13/h3,11,14-16H,1,4-10H2,2H3/t14-,15-,16-/m0/s1. The molecule has 0 N–H and O–H groups in total. The Morgan fingerprint density at radius 2 is 2.43 bits per heavy atom. The summed E-state index contributed by atoms with van der Waals surface area (Å²) in [7, 11) is 0. The number of likely N-dealkylation sites (tertiary alicyclic amines) is 1. The fourth-order valence-corrected chi connectivity index (χ4v) is 3.98. The van der Waals surface area contributed by atoms with Crippen molar-refractivity contribution in [1.82, 2.24) is 9.88 Å². The topological polar surface area (TPSA) is 34.6 Å². The Hall–Kier alpha value is -0.750. The molecule has 0 unspecified atom stereocenters. The van der Waals surface area contributed by atoms with Gasteiger partial charge in [-0.1, -0.05) is 6.08 Å². The molecular weight excluding hydrogens is 284 g/mol. The molecule has 1 aromatic heterocycles. The van der Waals surface area contributed by atoms with Crippen molar-refractivity contribution in [3.05, 3.63) is 28.7 Å². The Morgan fingerprint density at radius 1 is 1.52 bits per heavy atom. The van der Waals surface area contributed by atoms with Crippen molar-refractivity contribution in [3.63, 3.8) is 0 Å². The molecule has 2 saturated heterocycles. The minimum Gasteiger partial charge on any atom is -0.375 e. The quantitative estimate of drug-likeness (QED) is 0.598. The van der Waals surface area contributed by atoms with E-state index in [-0.39, 0.29) is 6.10 Å². The monoisotopic (exact) mass is 308 g/mol. The van der Waals surface area contributed by atoms with E-state index >= 15 is 0 Å². The number of nitrogens with zero attached hydrogens (tertiary/aromatic N) is 2. The lowest BCUT2D eigenvalue weighted by Gasteiger charge is -2.35. The number of hydrogen-bond acceptors (Lipinski definition) is 5. The molecule has 0 aliphatic carbocycles.